The van der Waals surface area contributed by atoms with Crippen molar-refractivity contribution in [2.45, 2.75) is 25.3 Å². The van der Waals surface area contributed by atoms with Crippen LogP contribution in [0.2, 0.25) is 0 Å². The third-order valence-corrected chi connectivity index (χ3v) is 3.36. The Morgan fingerprint density at radius 1 is 1.47 bits per heavy atom. The zero-order valence-electron chi connectivity index (χ0n) is 10.6. The summed E-state index contributed by atoms with van der Waals surface area (Å²) < 4.78 is 5.02. The normalized spacial score (nSPS) is 21.9. The maximum atomic E-state index is 12.1. The molecule has 1 heterocycles. The molecule has 1 aromatic heterocycles. The number of hydrogen-bond acceptors (Lipinski definition) is 4. The lowest BCUT2D eigenvalue weighted by Gasteiger charge is -2.18. The summed E-state index contributed by atoms with van der Waals surface area (Å²) in [6.45, 7) is 0. The number of rotatable bonds is 4. The molecule has 19 heavy (non-hydrogen) atoms. The Kier molecular flexibility index (Phi) is 3.99. The van der Waals surface area contributed by atoms with Crippen LogP contribution in [0.4, 0.5) is 0 Å². The second kappa shape index (κ2) is 5.69. The van der Waals surface area contributed by atoms with E-state index in [1.54, 1.807) is 12.1 Å². The van der Waals surface area contributed by atoms with E-state index in [4.69, 9.17) is 9.84 Å². The molecular formula is C13H16N2O4. The first-order valence-electron chi connectivity index (χ1n) is 6.16. The molecule has 1 saturated carbocycles. The number of pyridine rings is 1. The largest absolute Gasteiger partial charge is 0.481 e. The fourth-order valence-corrected chi connectivity index (χ4v) is 2.40. The van der Waals surface area contributed by atoms with Gasteiger partial charge in [0.25, 0.3) is 5.91 Å². The number of ether oxygens (including phenoxy) is 1. The zero-order valence-corrected chi connectivity index (χ0v) is 10.6. The molecule has 1 aliphatic rings. The van der Waals surface area contributed by atoms with E-state index < -0.39 is 11.9 Å². The molecule has 1 amide bonds. The number of aliphatic carboxylic acids is 1. The first-order chi connectivity index (χ1) is 9.13. The number of carbonyl (C=O) groups is 2. The van der Waals surface area contributed by atoms with Crippen LogP contribution in [0.25, 0.3) is 0 Å². The van der Waals surface area contributed by atoms with Crippen LogP contribution in [0.15, 0.2) is 18.3 Å². The van der Waals surface area contributed by atoms with Crippen molar-refractivity contribution in [2.24, 2.45) is 5.92 Å². The molecule has 1 aliphatic carbocycles. The van der Waals surface area contributed by atoms with Crippen molar-refractivity contribution in [3.63, 3.8) is 0 Å². The van der Waals surface area contributed by atoms with Crippen LogP contribution in [-0.2, 0) is 4.79 Å². The van der Waals surface area contributed by atoms with Crippen molar-refractivity contribution < 1.29 is 19.4 Å². The fourth-order valence-electron chi connectivity index (χ4n) is 2.40. The molecule has 6 nitrogen and oxygen atoms in total. The summed E-state index contributed by atoms with van der Waals surface area (Å²) in [5.74, 6) is -1.47. The number of amides is 1. The fraction of sp³-hybridized carbons (Fsp3) is 0.462. The molecule has 0 saturated heterocycles. The average Bonchev–Trinajstić information content (AvgIpc) is 2.87. The Bertz CT molecular complexity index is 489. The Morgan fingerprint density at radius 3 is 2.95 bits per heavy atom. The van der Waals surface area contributed by atoms with Crippen molar-refractivity contribution in [1.82, 2.24) is 10.3 Å². The number of hydrogen-bond donors (Lipinski definition) is 2. The Labute approximate surface area is 110 Å². The highest BCUT2D eigenvalue weighted by Gasteiger charge is 2.34. The predicted molar refractivity (Wildman–Crippen MR) is 67.0 cm³/mol. The molecule has 2 atom stereocenters. The number of aromatic nitrogens is 1. The lowest BCUT2D eigenvalue weighted by molar-refractivity contribution is -0.142. The van der Waals surface area contributed by atoms with Crippen molar-refractivity contribution in [3.8, 4) is 5.88 Å². The lowest BCUT2D eigenvalue weighted by atomic mass is 10.0. The van der Waals surface area contributed by atoms with Crippen molar-refractivity contribution in [3.05, 3.63) is 23.9 Å². The molecule has 0 aromatic carbocycles. The maximum absolute atomic E-state index is 12.1. The summed E-state index contributed by atoms with van der Waals surface area (Å²) in [5.41, 5.74) is 0.320. The van der Waals surface area contributed by atoms with Crippen LogP contribution in [-0.4, -0.2) is 35.1 Å². The van der Waals surface area contributed by atoms with Gasteiger partial charge in [0.05, 0.1) is 13.0 Å². The third kappa shape index (κ3) is 2.83. The highest BCUT2D eigenvalue weighted by Crippen LogP contribution is 2.26. The molecule has 1 fully saturated rings. The van der Waals surface area contributed by atoms with Gasteiger partial charge in [-0.3, -0.25) is 9.59 Å². The van der Waals surface area contributed by atoms with Gasteiger partial charge in [0.1, 0.15) is 5.56 Å². The number of methoxy groups -OCH3 is 1. The Hall–Kier alpha value is -2.11. The topological polar surface area (TPSA) is 88.5 Å². The Morgan fingerprint density at radius 2 is 2.26 bits per heavy atom. The number of carbonyl (C=O) groups excluding carboxylic acids is 1. The zero-order chi connectivity index (χ0) is 13.8. The van der Waals surface area contributed by atoms with E-state index in [0.29, 0.717) is 18.4 Å². The Balaban J connectivity index is 2.10. The molecule has 0 spiro atoms. The van der Waals surface area contributed by atoms with E-state index in [1.807, 2.05) is 0 Å². The number of nitrogens with one attached hydrogen (secondary N) is 1. The summed E-state index contributed by atoms with van der Waals surface area (Å²) >= 11 is 0. The first kappa shape index (κ1) is 13.3. The SMILES string of the molecule is COc1ncccc1C(=O)NC1CCCC1C(=O)O. The van der Waals surface area contributed by atoms with Crippen molar-refractivity contribution in [2.75, 3.05) is 7.11 Å². The predicted octanol–water partition coefficient (Wildman–Crippen LogP) is 1.07. The van der Waals surface area contributed by atoms with Gasteiger partial charge in [-0.05, 0) is 25.0 Å². The number of carboxylic acids is 1. The smallest absolute Gasteiger partial charge is 0.308 e. The molecule has 0 bridgehead atoms. The van der Waals surface area contributed by atoms with E-state index in [1.165, 1.54) is 13.3 Å². The van der Waals surface area contributed by atoms with Gasteiger partial charge in [0, 0.05) is 12.2 Å². The molecule has 1 aromatic rings. The summed E-state index contributed by atoms with van der Waals surface area (Å²) in [5, 5.41) is 11.8. The van der Waals surface area contributed by atoms with Crippen LogP contribution in [0, 0.1) is 5.92 Å². The standard InChI is InChI=1S/C13H16N2O4/c1-19-12-9(5-3-7-14-12)11(16)15-10-6-2-4-8(10)13(17)18/h3,5,7-8,10H,2,4,6H2,1H3,(H,15,16)(H,17,18). The molecule has 102 valence electrons. The highest BCUT2D eigenvalue weighted by molar-refractivity contribution is 5.96. The van der Waals surface area contributed by atoms with Crippen LogP contribution in [0.3, 0.4) is 0 Å². The van der Waals surface area contributed by atoms with E-state index in [2.05, 4.69) is 10.3 Å². The molecule has 2 rings (SSSR count). The number of nitrogens with zero attached hydrogens (tertiary/aromatic N) is 1. The summed E-state index contributed by atoms with van der Waals surface area (Å²) in [4.78, 5) is 27.1. The third-order valence-electron chi connectivity index (χ3n) is 3.36. The van der Waals surface area contributed by atoms with Crippen LogP contribution >= 0.6 is 0 Å². The van der Waals surface area contributed by atoms with Gasteiger partial charge in [0.15, 0.2) is 0 Å². The van der Waals surface area contributed by atoms with Crippen LogP contribution in [0.1, 0.15) is 29.6 Å². The van der Waals surface area contributed by atoms with E-state index in [0.717, 1.165) is 6.42 Å². The van der Waals surface area contributed by atoms with Crippen molar-refractivity contribution >= 4 is 11.9 Å². The molecule has 0 radical (unpaired) electrons. The quantitative estimate of drug-likeness (QED) is 0.849. The summed E-state index contributed by atoms with van der Waals surface area (Å²) in [6.07, 6.45) is 3.63. The summed E-state index contributed by atoms with van der Waals surface area (Å²) in [6, 6.07) is 2.92. The second-order valence-corrected chi connectivity index (χ2v) is 4.52. The average molecular weight is 264 g/mol. The maximum Gasteiger partial charge on any atom is 0.308 e. The second-order valence-electron chi connectivity index (χ2n) is 4.52. The minimum absolute atomic E-state index is 0.241. The highest BCUT2D eigenvalue weighted by atomic mass is 16.5. The van der Waals surface area contributed by atoms with Gasteiger partial charge in [-0.15, -0.1) is 0 Å². The minimum atomic E-state index is -0.860. The lowest BCUT2D eigenvalue weighted by Crippen LogP contribution is -2.40. The van der Waals surface area contributed by atoms with E-state index >= 15 is 0 Å². The molecule has 6 heteroatoms. The molecule has 0 aliphatic heterocycles. The van der Waals surface area contributed by atoms with Crippen LogP contribution < -0.4 is 10.1 Å². The van der Waals surface area contributed by atoms with Gasteiger partial charge < -0.3 is 15.2 Å². The molecule has 2 unspecified atom stereocenters. The first-order valence-corrected chi connectivity index (χ1v) is 6.16. The van der Waals surface area contributed by atoms with Gasteiger partial charge >= 0.3 is 5.97 Å². The van der Waals surface area contributed by atoms with Gasteiger partial charge in [-0.25, -0.2) is 4.98 Å². The van der Waals surface area contributed by atoms with E-state index in [9.17, 15) is 9.59 Å². The summed E-state index contributed by atoms with van der Waals surface area (Å²) in [7, 11) is 1.44. The van der Waals surface area contributed by atoms with Crippen LogP contribution in [0.5, 0.6) is 5.88 Å². The minimum Gasteiger partial charge on any atom is -0.481 e. The van der Waals surface area contributed by atoms with Gasteiger partial charge in [0.2, 0.25) is 5.88 Å². The molecular weight excluding hydrogens is 248 g/mol. The van der Waals surface area contributed by atoms with Gasteiger partial charge in [-0.2, -0.15) is 0 Å². The monoisotopic (exact) mass is 264 g/mol. The van der Waals surface area contributed by atoms with Crippen molar-refractivity contribution in [1.29, 1.82) is 0 Å². The molecule has 2 N–H and O–H groups in total. The number of carboxylic acid groups (broad SMARTS) is 1. The van der Waals surface area contributed by atoms with Gasteiger partial charge in [-0.1, -0.05) is 6.42 Å². The van der Waals surface area contributed by atoms with E-state index in [-0.39, 0.29) is 17.8 Å².